The summed E-state index contributed by atoms with van der Waals surface area (Å²) in [4.78, 5) is 13.5. The average molecular weight is 272 g/mol. The monoisotopic (exact) mass is 272 g/mol. The fourth-order valence-electron chi connectivity index (χ4n) is 2.45. The van der Waals surface area contributed by atoms with E-state index in [1.807, 2.05) is 13.8 Å². The van der Waals surface area contributed by atoms with Gasteiger partial charge in [0.15, 0.2) is 0 Å². The Bertz CT molecular complexity index is 265. The second-order valence-corrected chi connectivity index (χ2v) is 5.53. The van der Waals surface area contributed by atoms with Crippen molar-refractivity contribution in [2.45, 2.75) is 58.2 Å². The number of aliphatic carboxylic acids is 1. The summed E-state index contributed by atoms with van der Waals surface area (Å²) in [6.07, 6.45) is 3.24. The van der Waals surface area contributed by atoms with Crippen molar-refractivity contribution in [3.63, 3.8) is 0 Å². The summed E-state index contributed by atoms with van der Waals surface area (Å²) in [5.41, 5.74) is 0. The van der Waals surface area contributed by atoms with Crippen LogP contribution in [-0.4, -0.2) is 60.4 Å². The van der Waals surface area contributed by atoms with Crippen molar-refractivity contribution in [1.82, 2.24) is 10.2 Å². The molecule has 1 saturated heterocycles. The standard InChI is InChI=1S/C14H28N2O3/c1-4-16(10-12-6-5-9-19-12)8-7-13(14(17)18)15-11(2)3/h11-13,15H,4-10H2,1-3H3,(H,17,18). The Morgan fingerprint density at radius 1 is 1.53 bits per heavy atom. The summed E-state index contributed by atoms with van der Waals surface area (Å²) in [5.74, 6) is -0.762. The van der Waals surface area contributed by atoms with Gasteiger partial charge in [0.25, 0.3) is 0 Å². The summed E-state index contributed by atoms with van der Waals surface area (Å²) < 4.78 is 5.63. The predicted molar refractivity (Wildman–Crippen MR) is 75.4 cm³/mol. The molecule has 1 fully saturated rings. The predicted octanol–water partition coefficient (Wildman–Crippen LogP) is 1.33. The summed E-state index contributed by atoms with van der Waals surface area (Å²) in [7, 11) is 0. The van der Waals surface area contributed by atoms with Crippen LogP contribution in [0.15, 0.2) is 0 Å². The van der Waals surface area contributed by atoms with E-state index in [0.717, 1.165) is 39.1 Å². The smallest absolute Gasteiger partial charge is 0.320 e. The van der Waals surface area contributed by atoms with E-state index in [2.05, 4.69) is 17.1 Å². The number of nitrogens with zero attached hydrogens (tertiary/aromatic N) is 1. The molecule has 0 radical (unpaired) electrons. The van der Waals surface area contributed by atoms with Crippen LogP contribution in [0, 0.1) is 0 Å². The van der Waals surface area contributed by atoms with Gasteiger partial charge in [0, 0.05) is 25.7 Å². The number of hydrogen-bond donors (Lipinski definition) is 2. The number of carbonyl (C=O) groups is 1. The van der Waals surface area contributed by atoms with Crippen molar-refractivity contribution in [3.8, 4) is 0 Å². The Labute approximate surface area is 116 Å². The van der Waals surface area contributed by atoms with Crippen LogP contribution in [0.4, 0.5) is 0 Å². The first-order valence-corrected chi connectivity index (χ1v) is 7.35. The lowest BCUT2D eigenvalue weighted by atomic mass is 10.1. The van der Waals surface area contributed by atoms with Gasteiger partial charge in [0.1, 0.15) is 6.04 Å². The summed E-state index contributed by atoms with van der Waals surface area (Å²) in [6.45, 7) is 9.58. The lowest BCUT2D eigenvalue weighted by molar-refractivity contribution is -0.140. The number of hydrogen-bond acceptors (Lipinski definition) is 4. The second-order valence-electron chi connectivity index (χ2n) is 5.53. The largest absolute Gasteiger partial charge is 0.480 e. The third-order valence-corrected chi connectivity index (χ3v) is 3.50. The van der Waals surface area contributed by atoms with Crippen molar-refractivity contribution in [1.29, 1.82) is 0 Å². The third-order valence-electron chi connectivity index (χ3n) is 3.50. The number of ether oxygens (including phenoxy) is 1. The Balaban J connectivity index is 2.34. The topological polar surface area (TPSA) is 61.8 Å². The van der Waals surface area contributed by atoms with Crippen LogP contribution in [0.25, 0.3) is 0 Å². The van der Waals surface area contributed by atoms with E-state index in [4.69, 9.17) is 4.74 Å². The molecule has 1 rings (SSSR count). The van der Waals surface area contributed by atoms with Crippen molar-refractivity contribution >= 4 is 5.97 Å². The van der Waals surface area contributed by atoms with E-state index in [0.29, 0.717) is 12.5 Å². The minimum absolute atomic E-state index is 0.189. The lowest BCUT2D eigenvalue weighted by Gasteiger charge is -2.26. The highest BCUT2D eigenvalue weighted by Gasteiger charge is 2.21. The first-order valence-electron chi connectivity index (χ1n) is 7.35. The maximum atomic E-state index is 11.2. The van der Waals surface area contributed by atoms with Gasteiger partial charge in [-0.1, -0.05) is 20.8 Å². The van der Waals surface area contributed by atoms with Crippen LogP contribution in [0.2, 0.25) is 0 Å². The second kappa shape index (κ2) is 8.51. The van der Waals surface area contributed by atoms with Gasteiger partial charge in [-0.2, -0.15) is 0 Å². The molecule has 0 saturated carbocycles. The van der Waals surface area contributed by atoms with Crippen LogP contribution >= 0.6 is 0 Å². The molecule has 0 aliphatic carbocycles. The van der Waals surface area contributed by atoms with E-state index < -0.39 is 12.0 Å². The van der Waals surface area contributed by atoms with Gasteiger partial charge in [-0.15, -0.1) is 0 Å². The van der Waals surface area contributed by atoms with Gasteiger partial charge in [-0.3, -0.25) is 4.79 Å². The van der Waals surface area contributed by atoms with Crippen molar-refractivity contribution in [2.24, 2.45) is 0 Å². The molecule has 0 spiro atoms. The zero-order chi connectivity index (χ0) is 14.3. The van der Waals surface area contributed by atoms with Crippen molar-refractivity contribution < 1.29 is 14.6 Å². The van der Waals surface area contributed by atoms with Gasteiger partial charge >= 0.3 is 5.97 Å². The molecular formula is C14H28N2O3. The molecule has 2 N–H and O–H groups in total. The molecule has 112 valence electrons. The van der Waals surface area contributed by atoms with Crippen LogP contribution in [0.1, 0.15) is 40.0 Å². The molecule has 2 atom stereocenters. The molecule has 1 heterocycles. The number of carboxylic acids is 1. The number of rotatable bonds is 9. The van der Waals surface area contributed by atoms with Crippen molar-refractivity contribution in [3.05, 3.63) is 0 Å². The van der Waals surface area contributed by atoms with Crippen molar-refractivity contribution in [2.75, 3.05) is 26.2 Å². The average Bonchev–Trinajstić information content (AvgIpc) is 2.84. The first kappa shape index (κ1) is 16.4. The minimum atomic E-state index is -0.762. The highest BCUT2D eigenvalue weighted by atomic mass is 16.5. The van der Waals surface area contributed by atoms with E-state index in [-0.39, 0.29) is 6.04 Å². The molecule has 0 bridgehead atoms. The van der Waals surface area contributed by atoms with Crippen LogP contribution in [-0.2, 0) is 9.53 Å². The normalized spacial score (nSPS) is 21.2. The zero-order valence-electron chi connectivity index (χ0n) is 12.4. The number of likely N-dealkylation sites (N-methyl/N-ethyl adjacent to an activating group) is 1. The first-order chi connectivity index (χ1) is 9.02. The number of carboxylic acid groups (broad SMARTS) is 1. The Hall–Kier alpha value is -0.650. The minimum Gasteiger partial charge on any atom is -0.480 e. The molecule has 5 heteroatoms. The van der Waals surface area contributed by atoms with Gasteiger partial charge in [-0.05, 0) is 25.8 Å². The van der Waals surface area contributed by atoms with E-state index in [1.165, 1.54) is 0 Å². The molecule has 0 aromatic rings. The van der Waals surface area contributed by atoms with E-state index in [9.17, 15) is 9.90 Å². The van der Waals surface area contributed by atoms with Crippen LogP contribution in [0.3, 0.4) is 0 Å². The van der Waals surface area contributed by atoms with Gasteiger partial charge in [-0.25, -0.2) is 0 Å². The fraction of sp³-hybridized carbons (Fsp3) is 0.929. The maximum Gasteiger partial charge on any atom is 0.320 e. The highest BCUT2D eigenvalue weighted by molar-refractivity contribution is 5.73. The number of nitrogens with one attached hydrogen (secondary N) is 1. The summed E-state index contributed by atoms with van der Waals surface area (Å²) in [5, 5.41) is 12.3. The molecule has 2 unspecified atom stereocenters. The van der Waals surface area contributed by atoms with Gasteiger partial charge in [0.05, 0.1) is 6.10 Å². The Morgan fingerprint density at radius 2 is 2.26 bits per heavy atom. The lowest BCUT2D eigenvalue weighted by Crippen LogP contribution is -2.44. The Morgan fingerprint density at radius 3 is 2.74 bits per heavy atom. The SMILES string of the molecule is CCN(CCC(NC(C)C)C(=O)O)CC1CCCO1. The summed E-state index contributed by atoms with van der Waals surface area (Å²) >= 11 is 0. The zero-order valence-corrected chi connectivity index (χ0v) is 12.4. The Kier molecular flexibility index (Phi) is 7.34. The van der Waals surface area contributed by atoms with E-state index >= 15 is 0 Å². The quantitative estimate of drug-likeness (QED) is 0.663. The summed E-state index contributed by atoms with van der Waals surface area (Å²) in [6, 6.07) is -0.270. The van der Waals surface area contributed by atoms with E-state index in [1.54, 1.807) is 0 Å². The maximum absolute atomic E-state index is 11.2. The van der Waals surface area contributed by atoms with Crippen LogP contribution < -0.4 is 5.32 Å². The molecule has 1 aliphatic heterocycles. The molecule has 19 heavy (non-hydrogen) atoms. The molecule has 5 nitrogen and oxygen atoms in total. The molecular weight excluding hydrogens is 244 g/mol. The molecule has 0 amide bonds. The molecule has 1 aliphatic rings. The molecule has 0 aromatic carbocycles. The molecule has 0 aromatic heterocycles. The highest BCUT2D eigenvalue weighted by Crippen LogP contribution is 2.13. The fourth-order valence-corrected chi connectivity index (χ4v) is 2.45. The van der Waals surface area contributed by atoms with Gasteiger partial charge < -0.3 is 20.1 Å². The third kappa shape index (κ3) is 6.36. The van der Waals surface area contributed by atoms with Gasteiger partial charge in [0.2, 0.25) is 0 Å². The van der Waals surface area contributed by atoms with Crippen LogP contribution in [0.5, 0.6) is 0 Å².